The van der Waals surface area contributed by atoms with Gasteiger partial charge < -0.3 is 5.32 Å². The summed E-state index contributed by atoms with van der Waals surface area (Å²) in [6.07, 6.45) is 2.49. The van der Waals surface area contributed by atoms with Crippen LogP contribution in [0.3, 0.4) is 0 Å². The molecule has 1 unspecified atom stereocenters. The fraction of sp³-hybridized carbons (Fsp3) is 1.00. The van der Waals surface area contributed by atoms with Crippen molar-refractivity contribution in [1.29, 1.82) is 0 Å². The number of rotatable bonds is 3. The lowest BCUT2D eigenvalue weighted by atomic mass is 9.97. The normalized spacial score (nSPS) is 26.3. The summed E-state index contributed by atoms with van der Waals surface area (Å²) in [5.74, 6) is 0. The van der Waals surface area contributed by atoms with E-state index in [0.29, 0.717) is 11.6 Å². The van der Waals surface area contributed by atoms with Gasteiger partial charge in [0.1, 0.15) is 0 Å². The van der Waals surface area contributed by atoms with Crippen LogP contribution in [0.4, 0.5) is 0 Å². The third-order valence-electron chi connectivity index (χ3n) is 3.47. The standard InChI is InChI=1S/C11H24N2/c1-5-10-9-13(8-7-12-10)11(3,4)6-2/h10,12H,5-9H2,1-4H3. The third kappa shape index (κ3) is 2.68. The van der Waals surface area contributed by atoms with Crippen LogP contribution in [0.25, 0.3) is 0 Å². The summed E-state index contributed by atoms with van der Waals surface area (Å²) in [6, 6.07) is 0.708. The first-order chi connectivity index (χ1) is 6.10. The van der Waals surface area contributed by atoms with E-state index in [4.69, 9.17) is 0 Å². The van der Waals surface area contributed by atoms with Crippen molar-refractivity contribution in [3.8, 4) is 0 Å². The molecule has 0 saturated carbocycles. The quantitative estimate of drug-likeness (QED) is 0.720. The van der Waals surface area contributed by atoms with Crippen molar-refractivity contribution < 1.29 is 0 Å². The van der Waals surface area contributed by atoms with Crippen molar-refractivity contribution >= 4 is 0 Å². The van der Waals surface area contributed by atoms with E-state index in [1.807, 2.05) is 0 Å². The summed E-state index contributed by atoms with van der Waals surface area (Å²) in [5, 5.41) is 3.55. The van der Waals surface area contributed by atoms with Gasteiger partial charge in [-0.15, -0.1) is 0 Å². The maximum atomic E-state index is 3.55. The molecular weight excluding hydrogens is 160 g/mol. The van der Waals surface area contributed by atoms with Gasteiger partial charge in [-0.1, -0.05) is 13.8 Å². The van der Waals surface area contributed by atoms with Gasteiger partial charge >= 0.3 is 0 Å². The fourth-order valence-corrected chi connectivity index (χ4v) is 1.87. The molecule has 1 saturated heterocycles. The van der Waals surface area contributed by atoms with E-state index >= 15 is 0 Å². The summed E-state index contributed by atoms with van der Waals surface area (Å²) in [5.41, 5.74) is 0.384. The Balaban J connectivity index is 2.50. The first kappa shape index (κ1) is 11.0. The van der Waals surface area contributed by atoms with Crippen LogP contribution in [0.15, 0.2) is 0 Å². The van der Waals surface area contributed by atoms with Gasteiger partial charge in [0.25, 0.3) is 0 Å². The Bertz CT molecular complexity index is 154. The number of piperazine rings is 1. The van der Waals surface area contributed by atoms with Crippen molar-refractivity contribution in [2.24, 2.45) is 0 Å². The Kier molecular flexibility index (Phi) is 3.74. The molecule has 0 aromatic heterocycles. The SMILES string of the molecule is CCC1CN(C(C)(C)CC)CCN1. The second-order valence-corrected chi connectivity index (χ2v) is 4.67. The highest BCUT2D eigenvalue weighted by Crippen LogP contribution is 2.20. The summed E-state index contributed by atoms with van der Waals surface area (Å²) in [4.78, 5) is 2.62. The van der Waals surface area contributed by atoms with Crippen molar-refractivity contribution in [1.82, 2.24) is 10.2 Å². The molecule has 0 spiro atoms. The zero-order valence-electron chi connectivity index (χ0n) is 9.56. The van der Waals surface area contributed by atoms with Gasteiger partial charge in [-0.2, -0.15) is 0 Å². The maximum Gasteiger partial charge on any atom is 0.0193 e. The monoisotopic (exact) mass is 184 g/mol. The molecule has 0 amide bonds. The highest BCUT2D eigenvalue weighted by atomic mass is 15.2. The first-order valence-corrected chi connectivity index (χ1v) is 5.58. The van der Waals surface area contributed by atoms with Crippen molar-refractivity contribution in [3.05, 3.63) is 0 Å². The van der Waals surface area contributed by atoms with Gasteiger partial charge in [-0.05, 0) is 26.7 Å². The highest BCUT2D eigenvalue weighted by Gasteiger charge is 2.28. The van der Waals surface area contributed by atoms with E-state index in [9.17, 15) is 0 Å². The number of hydrogen-bond donors (Lipinski definition) is 1. The van der Waals surface area contributed by atoms with Crippen LogP contribution in [0.5, 0.6) is 0 Å². The summed E-state index contributed by atoms with van der Waals surface area (Å²) >= 11 is 0. The molecule has 0 aromatic rings. The first-order valence-electron chi connectivity index (χ1n) is 5.58. The van der Waals surface area contributed by atoms with E-state index in [1.54, 1.807) is 0 Å². The molecule has 1 atom stereocenters. The van der Waals surface area contributed by atoms with Gasteiger partial charge in [0.15, 0.2) is 0 Å². The summed E-state index contributed by atoms with van der Waals surface area (Å²) in [6.45, 7) is 12.8. The summed E-state index contributed by atoms with van der Waals surface area (Å²) in [7, 11) is 0. The second kappa shape index (κ2) is 4.43. The van der Waals surface area contributed by atoms with E-state index in [1.165, 1.54) is 25.9 Å². The summed E-state index contributed by atoms with van der Waals surface area (Å²) < 4.78 is 0. The molecule has 1 aliphatic heterocycles. The predicted octanol–water partition coefficient (Wildman–Crippen LogP) is 1.86. The van der Waals surface area contributed by atoms with Gasteiger partial charge in [0.05, 0.1) is 0 Å². The molecule has 2 heteroatoms. The Morgan fingerprint density at radius 2 is 2.08 bits per heavy atom. The number of nitrogens with one attached hydrogen (secondary N) is 1. The van der Waals surface area contributed by atoms with Gasteiger partial charge in [-0.25, -0.2) is 0 Å². The zero-order chi connectivity index (χ0) is 9.90. The van der Waals surface area contributed by atoms with Gasteiger partial charge in [0.2, 0.25) is 0 Å². The van der Waals surface area contributed by atoms with E-state index in [2.05, 4.69) is 37.9 Å². The maximum absolute atomic E-state index is 3.55. The number of nitrogens with zero attached hydrogens (tertiary/aromatic N) is 1. The third-order valence-corrected chi connectivity index (χ3v) is 3.47. The Hall–Kier alpha value is -0.0800. The van der Waals surface area contributed by atoms with Crippen LogP contribution in [-0.4, -0.2) is 36.1 Å². The Morgan fingerprint density at radius 3 is 2.62 bits per heavy atom. The van der Waals surface area contributed by atoms with Crippen LogP contribution >= 0.6 is 0 Å². The van der Waals surface area contributed by atoms with Gasteiger partial charge in [-0.3, -0.25) is 4.90 Å². The molecule has 0 aliphatic carbocycles. The molecular formula is C11H24N2. The van der Waals surface area contributed by atoms with Crippen molar-refractivity contribution in [3.63, 3.8) is 0 Å². The molecule has 1 aliphatic rings. The molecule has 0 radical (unpaired) electrons. The van der Waals surface area contributed by atoms with E-state index in [0.717, 1.165) is 6.54 Å². The minimum absolute atomic E-state index is 0.384. The molecule has 1 rings (SSSR count). The topological polar surface area (TPSA) is 15.3 Å². The lowest BCUT2D eigenvalue weighted by Gasteiger charge is -2.43. The van der Waals surface area contributed by atoms with E-state index < -0.39 is 0 Å². The van der Waals surface area contributed by atoms with Crippen LogP contribution in [0, 0.1) is 0 Å². The van der Waals surface area contributed by atoms with Crippen LogP contribution < -0.4 is 5.32 Å². The molecule has 13 heavy (non-hydrogen) atoms. The highest BCUT2D eigenvalue weighted by molar-refractivity contribution is 4.87. The van der Waals surface area contributed by atoms with Crippen molar-refractivity contribution in [2.45, 2.75) is 52.1 Å². The average Bonchev–Trinajstić information content (AvgIpc) is 2.18. The molecule has 0 bridgehead atoms. The Labute approximate surface area is 82.7 Å². The lowest BCUT2D eigenvalue weighted by Crippen LogP contribution is -2.57. The minimum atomic E-state index is 0.384. The average molecular weight is 184 g/mol. The van der Waals surface area contributed by atoms with Crippen molar-refractivity contribution in [2.75, 3.05) is 19.6 Å². The number of hydrogen-bond acceptors (Lipinski definition) is 2. The zero-order valence-corrected chi connectivity index (χ0v) is 9.56. The van der Waals surface area contributed by atoms with Gasteiger partial charge in [0, 0.05) is 31.2 Å². The molecule has 1 heterocycles. The molecule has 1 fully saturated rings. The van der Waals surface area contributed by atoms with Crippen LogP contribution in [0.1, 0.15) is 40.5 Å². The lowest BCUT2D eigenvalue weighted by molar-refractivity contribution is 0.0783. The molecule has 78 valence electrons. The smallest absolute Gasteiger partial charge is 0.0193 e. The second-order valence-electron chi connectivity index (χ2n) is 4.67. The minimum Gasteiger partial charge on any atom is -0.311 e. The molecule has 0 aromatic carbocycles. The van der Waals surface area contributed by atoms with Crippen LogP contribution in [-0.2, 0) is 0 Å². The Morgan fingerprint density at radius 1 is 1.38 bits per heavy atom. The fourth-order valence-electron chi connectivity index (χ4n) is 1.87. The van der Waals surface area contributed by atoms with Crippen LogP contribution in [0.2, 0.25) is 0 Å². The predicted molar refractivity (Wildman–Crippen MR) is 58.0 cm³/mol. The largest absolute Gasteiger partial charge is 0.311 e. The molecule has 2 nitrogen and oxygen atoms in total. The molecule has 1 N–H and O–H groups in total. The van der Waals surface area contributed by atoms with E-state index in [-0.39, 0.29) is 0 Å².